The van der Waals surface area contributed by atoms with Gasteiger partial charge < -0.3 is 4.74 Å². The lowest BCUT2D eigenvalue weighted by molar-refractivity contribution is 0.468. The van der Waals surface area contributed by atoms with Gasteiger partial charge in [-0.15, -0.1) is 11.6 Å². The molecule has 0 radical (unpaired) electrons. The van der Waals surface area contributed by atoms with Crippen LogP contribution in [-0.4, -0.2) is 9.97 Å². The predicted molar refractivity (Wildman–Crippen MR) is 72.2 cm³/mol. The molecular formula is C14H15ClN2O. The summed E-state index contributed by atoms with van der Waals surface area (Å²) in [6, 6.07) is 5.70. The van der Waals surface area contributed by atoms with Crippen LogP contribution in [0.25, 0.3) is 0 Å². The van der Waals surface area contributed by atoms with Gasteiger partial charge in [0, 0.05) is 23.7 Å². The molecule has 0 saturated heterocycles. The second-order valence-corrected chi connectivity index (χ2v) is 4.24. The molecule has 0 saturated carbocycles. The summed E-state index contributed by atoms with van der Waals surface area (Å²) < 4.78 is 5.89. The number of ether oxygens (including phenoxy) is 1. The van der Waals surface area contributed by atoms with Crippen molar-refractivity contribution in [1.29, 1.82) is 0 Å². The van der Waals surface area contributed by atoms with Gasteiger partial charge in [0.05, 0.1) is 11.6 Å². The molecule has 0 N–H and O–H groups in total. The summed E-state index contributed by atoms with van der Waals surface area (Å²) in [6.45, 7) is 4.03. The maximum atomic E-state index is 5.89. The minimum Gasteiger partial charge on any atom is -0.455 e. The molecule has 0 spiro atoms. The number of alkyl halides is 1. The Bertz CT molecular complexity index is 543. The van der Waals surface area contributed by atoms with E-state index in [9.17, 15) is 0 Å². The Kier molecular flexibility index (Phi) is 4.15. The lowest BCUT2D eigenvalue weighted by Crippen LogP contribution is -1.97. The molecule has 3 nitrogen and oxygen atoms in total. The van der Waals surface area contributed by atoms with Crippen LogP contribution < -0.4 is 4.74 Å². The van der Waals surface area contributed by atoms with Gasteiger partial charge in [-0.3, -0.25) is 9.97 Å². The van der Waals surface area contributed by atoms with Gasteiger partial charge in [-0.2, -0.15) is 0 Å². The third-order valence-electron chi connectivity index (χ3n) is 2.63. The van der Waals surface area contributed by atoms with Crippen LogP contribution in [0.4, 0.5) is 0 Å². The molecule has 0 aliphatic rings. The molecule has 2 heterocycles. The average molecular weight is 263 g/mol. The largest absolute Gasteiger partial charge is 0.455 e. The van der Waals surface area contributed by atoms with Gasteiger partial charge in [0.15, 0.2) is 0 Å². The molecule has 2 aromatic rings. The van der Waals surface area contributed by atoms with E-state index >= 15 is 0 Å². The summed E-state index contributed by atoms with van der Waals surface area (Å²) in [5, 5.41) is 0. The predicted octanol–water partition coefficient (Wildman–Crippen LogP) is 3.88. The highest BCUT2D eigenvalue weighted by molar-refractivity contribution is 6.17. The third-order valence-corrected chi connectivity index (χ3v) is 2.92. The Morgan fingerprint density at radius 2 is 2.06 bits per heavy atom. The molecule has 4 heteroatoms. The molecule has 0 aliphatic heterocycles. The molecule has 0 bridgehead atoms. The summed E-state index contributed by atoms with van der Waals surface area (Å²) in [5.41, 5.74) is 2.82. The van der Waals surface area contributed by atoms with E-state index in [2.05, 4.69) is 16.9 Å². The number of halogens is 1. The van der Waals surface area contributed by atoms with Gasteiger partial charge >= 0.3 is 0 Å². The zero-order valence-corrected chi connectivity index (χ0v) is 11.2. The Hall–Kier alpha value is -1.61. The summed E-state index contributed by atoms with van der Waals surface area (Å²) in [5.74, 6) is 1.89. The first kappa shape index (κ1) is 12.8. The number of rotatable bonds is 4. The maximum absolute atomic E-state index is 5.89. The highest BCUT2D eigenvalue weighted by Gasteiger charge is 2.08. The Labute approximate surface area is 112 Å². The monoisotopic (exact) mass is 262 g/mol. The van der Waals surface area contributed by atoms with Crippen LogP contribution in [0.5, 0.6) is 11.5 Å². The van der Waals surface area contributed by atoms with E-state index in [0.717, 1.165) is 34.9 Å². The zero-order chi connectivity index (χ0) is 13.0. The van der Waals surface area contributed by atoms with Gasteiger partial charge in [-0.1, -0.05) is 6.92 Å². The minimum atomic E-state index is 0.379. The van der Waals surface area contributed by atoms with Crippen LogP contribution in [0.3, 0.4) is 0 Å². The topological polar surface area (TPSA) is 35.0 Å². The van der Waals surface area contributed by atoms with Crippen molar-refractivity contribution in [3.8, 4) is 11.5 Å². The molecule has 0 fully saturated rings. The standard InChI is InChI=1S/C14H15ClN2O/c1-3-12-14(5-4-10(2)17-12)18-13-6-7-16-9-11(13)8-15/h4-7,9H,3,8H2,1-2H3. The van der Waals surface area contributed by atoms with Crippen LogP contribution >= 0.6 is 11.6 Å². The quantitative estimate of drug-likeness (QED) is 0.785. The van der Waals surface area contributed by atoms with Gasteiger partial charge in [-0.25, -0.2) is 0 Å². The summed E-state index contributed by atoms with van der Waals surface area (Å²) in [4.78, 5) is 8.50. The van der Waals surface area contributed by atoms with Gasteiger partial charge in [0.25, 0.3) is 0 Å². The molecule has 0 amide bonds. The Balaban J connectivity index is 2.33. The molecule has 94 valence electrons. The summed E-state index contributed by atoms with van der Waals surface area (Å²) >= 11 is 5.86. The second kappa shape index (κ2) is 5.83. The highest BCUT2D eigenvalue weighted by Crippen LogP contribution is 2.28. The lowest BCUT2D eigenvalue weighted by atomic mass is 10.2. The fourth-order valence-corrected chi connectivity index (χ4v) is 1.88. The molecule has 18 heavy (non-hydrogen) atoms. The Morgan fingerprint density at radius 3 is 2.78 bits per heavy atom. The van der Waals surface area contributed by atoms with Crippen molar-refractivity contribution in [2.45, 2.75) is 26.1 Å². The third kappa shape index (κ3) is 2.79. The van der Waals surface area contributed by atoms with Crippen molar-refractivity contribution in [3.05, 3.63) is 47.5 Å². The normalized spacial score (nSPS) is 10.4. The highest BCUT2D eigenvalue weighted by atomic mass is 35.5. The fraction of sp³-hybridized carbons (Fsp3) is 0.286. The molecule has 2 aromatic heterocycles. The maximum Gasteiger partial charge on any atom is 0.148 e. The fourth-order valence-electron chi connectivity index (χ4n) is 1.68. The molecule has 0 aliphatic carbocycles. The first-order valence-electron chi connectivity index (χ1n) is 5.87. The van der Waals surface area contributed by atoms with Crippen LogP contribution in [0.15, 0.2) is 30.6 Å². The van der Waals surface area contributed by atoms with Crippen molar-refractivity contribution in [3.63, 3.8) is 0 Å². The minimum absolute atomic E-state index is 0.379. The molecular weight excluding hydrogens is 248 g/mol. The molecule has 0 atom stereocenters. The van der Waals surface area contributed by atoms with E-state index < -0.39 is 0 Å². The average Bonchev–Trinajstić information content (AvgIpc) is 2.41. The van der Waals surface area contributed by atoms with Gasteiger partial charge in [-0.05, 0) is 31.5 Å². The van der Waals surface area contributed by atoms with Crippen LogP contribution in [0, 0.1) is 6.92 Å². The number of hydrogen-bond donors (Lipinski definition) is 0. The van der Waals surface area contributed by atoms with Crippen LogP contribution in [0.1, 0.15) is 23.9 Å². The van der Waals surface area contributed by atoms with Gasteiger partial charge in [0.2, 0.25) is 0 Å². The second-order valence-electron chi connectivity index (χ2n) is 3.97. The number of aryl methyl sites for hydroxylation is 2. The summed E-state index contributed by atoms with van der Waals surface area (Å²) in [7, 11) is 0. The lowest BCUT2D eigenvalue weighted by Gasteiger charge is -2.12. The first-order chi connectivity index (χ1) is 8.74. The number of pyridine rings is 2. The van der Waals surface area contributed by atoms with Crippen molar-refractivity contribution >= 4 is 11.6 Å². The van der Waals surface area contributed by atoms with Crippen molar-refractivity contribution < 1.29 is 4.74 Å². The van der Waals surface area contributed by atoms with E-state index in [4.69, 9.17) is 16.3 Å². The van der Waals surface area contributed by atoms with E-state index in [0.29, 0.717) is 5.88 Å². The van der Waals surface area contributed by atoms with Crippen molar-refractivity contribution in [2.75, 3.05) is 0 Å². The number of nitrogens with zero attached hydrogens (tertiary/aromatic N) is 2. The summed E-state index contributed by atoms with van der Waals surface area (Å²) in [6.07, 6.45) is 4.24. The van der Waals surface area contributed by atoms with Crippen LogP contribution in [-0.2, 0) is 12.3 Å². The van der Waals surface area contributed by atoms with E-state index in [1.807, 2.05) is 25.1 Å². The van der Waals surface area contributed by atoms with Crippen molar-refractivity contribution in [2.24, 2.45) is 0 Å². The smallest absolute Gasteiger partial charge is 0.148 e. The van der Waals surface area contributed by atoms with E-state index in [-0.39, 0.29) is 0 Å². The molecule has 0 unspecified atom stereocenters. The van der Waals surface area contributed by atoms with E-state index in [1.54, 1.807) is 12.4 Å². The molecule has 0 aromatic carbocycles. The zero-order valence-electron chi connectivity index (χ0n) is 10.5. The Morgan fingerprint density at radius 1 is 1.22 bits per heavy atom. The molecule has 2 rings (SSSR count). The van der Waals surface area contributed by atoms with Gasteiger partial charge in [0.1, 0.15) is 11.5 Å². The number of aromatic nitrogens is 2. The number of hydrogen-bond acceptors (Lipinski definition) is 3. The van der Waals surface area contributed by atoms with Crippen molar-refractivity contribution in [1.82, 2.24) is 9.97 Å². The van der Waals surface area contributed by atoms with E-state index in [1.165, 1.54) is 0 Å². The SMILES string of the molecule is CCc1nc(C)ccc1Oc1ccncc1CCl. The van der Waals surface area contributed by atoms with Crippen LogP contribution in [0.2, 0.25) is 0 Å². The first-order valence-corrected chi connectivity index (χ1v) is 6.41.